The highest BCUT2D eigenvalue weighted by molar-refractivity contribution is 6.66. The maximum Gasteiger partial charge on any atom is 0.529 e. The highest BCUT2D eigenvalue weighted by Crippen LogP contribution is 2.21. The molecule has 0 aromatic carbocycles. The Balaban J connectivity index is 5.13. The van der Waals surface area contributed by atoms with Crippen molar-refractivity contribution in [3.8, 4) is 0 Å². The van der Waals surface area contributed by atoms with Crippen LogP contribution in [0.1, 0.15) is 41.5 Å². The molecule has 0 saturated heterocycles. The van der Waals surface area contributed by atoms with E-state index in [9.17, 15) is 0 Å². The van der Waals surface area contributed by atoms with Gasteiger partial charge in [-0.3, -0.25) is 0 Å². The van der Waals surface area contributed by atoms with Gasteiger partial charge in [0.2, 0.25) is 0 Å². The molecule has 0 unspecified atom stereocenters. The van der Waals surface area contributed by atoms with Crippen LogP contribution in [0, 0.1) is 0 Å². The molecule has 0 aliphatic heterocycles. The summed E-state index contributed by atoms with van der Waals surface area (Å²) in [4.78, 5) is 0. The third-order valence-electron chi connectivity index (χ3n) is 2.60. The summed E-state index contributed by atoms with van der Waals surface area (Å²) in [5, 5.41) is 0. The van der Waals surface area contributed by atoms with Gasteiger partial charge in [0.1, 0.15) is 6.61 Å². The molecular formula is C15H32O6Si. The SMILES string of the molecule is CC=C[Si](OCC)(OCC)OCC(OCC)(OCC)OCC. The second-order valence-corrected chi connectivity index (χ2v) is 6.65. The molecule has 0 aliphatic rings. The Morgan fingerprint density at radius 3 is 1.50 bits per heavy atom. The molecule has 0 radical (unpaired) electrons. The van der Waals surface area contributed by atoms with Gasteiger partial charge in [-0.2, -0.15) is 0 Å². The van der Waals surface area contributed by atoms with Crippen LogP contribution in [-0.2, 0) is 27.5 Å². The number of hydrogen-bond donors (Lipinski definition) is 0. The largest absolute Gasteiger partial charge is 0.529 e. The molecule has 0 aromatic heterocycles. The summed E-state index contributed by atoms with van der Waals surface area (Å²) in [6.07, 6.45) is 1.88. The summed E-state index contributed by atoms with van der Waals surface area (Å²) in [7, 11) is -2.91. The van der Waals surface area contributed by atoms with Crippen LogP contribution >= 0.6 is 0 Å². The molecule has 0 spiro atoms. The monoisotopic (exact) mass is 336 g/mol. The van der Waals surface area contributed by atoms with Crippen molar-refractivity contribution in [2.45, 2.75) is 47.5 Å². The zero-order valence-corrected chi connectivity index (χ0v) is 15.8. The Morgan fingerprint density at radius 1 is 0.727 bits per heavy atom. The van der Waals surface area contributed by atoms with E-state index in [1.165, 1.54) is 0 Å². The first-order chi connectivity index (χ1) is 10.6. The van der Waals surface area contributed by atoms with Crippen molar-refractivity contribution in [3.63, 3.8) is 0 Å². The second-order valence-electron chi connectivity index (χ2n) is 4.24. The summed E-state index contributed by atoms with van der Waals surface area (Å²) in [5.41, 5.74) is 1.86. The maximum absolute atomic E-state index is 6.01. The molecule has 0 heterocycles. The highest BCUT2D eigenvalue weighted by atomic mass is 28.4. The van der Waals surface area contributed by atoms with E-state index in [2.05, 4.69) is 0 Å². The Bertz CT molecular complexity index is 275. The van der Waals surface area contributed by atoms with E-state index in [1.54, 1.807) is 0 Å². The van der Waals surface area contributed by atoms with Crippen LogP contribution in [0.5, 0.6) is 0 Å². The average molecular weight is 337 g/mol. The minimum atomic E-state index is -2.91. The molecule has 7 heteroatoms. The first-order valence-corrected chi connectivity index (χ1v) is 9.85. The Hall–Kier alpha value is -0.283. The van der Waals surface area contributed by atoms with Crippen LogP contribution < -0.4 is 0 Å². The van der Waals surface area contributed by atoms with Crippen molar-refractivity contribution in [1.29, 1.82) is 0 Å². The van der Waals surface area contributed by atoms with Crippen LogP contribution in [0.25, 0.3) is 0 Å². The van der Waals surface area contributed by atoms with E-state index in [0.29, 0.717) is 33.0 Å². The first-order valence-electron chi connectivity index (χ1n) is 8.05. The molecule has 0 amide bonds. The summed E-state index contributed by atoms with van der Waals surface area (Å²) < 4.78 is 34.5. The molecular weight excluding hydrogens is 304 g/mol. The van der Waals surface area contributed by atoms with E-state index < -0.39 is 14.8 Å². The third kappa shape index (κ3) is 7.32. The predicted octanol–water partition coefficient (Wildman–Crippen LogP) is 2.89. The molecule has 0 saturated carbocycles. The van der Waals surface area contributed by atoms with Crippen molar-refractivity contribution in [1.82, 2.24) is 0 Å². The number of rotatable bonds is 14. The Labute approximate surface area is 136 Å². The molecule has 0 aliphatic carbocycles. The van der Waals surface area contributed by atoms with Gasteiger partial charge in [0, 0.05) is 33.0 Å². The minimum Gasteiger partial charge on any atom is -0.371 e. The third-order valence-corrected chi connectivity index (χ3v) is 5.28. The Morgan fingerprint density at radius 2 is 1.18 bits per heavy atom. The van der Waals surface area contributed by atoms with Gasteiger partial charge >= 0.3 is 14.8 Å². The quantitative estimate of drug-likeness (QED) is 0.359. The van der Waals surface area contributed by atoms with Crippen molar-refractivity contribution in [2.75, 3.05) is 39.6 Å². The summed E-state index contributed by atoms with van der Waals surface area (Å²) in [6.45, 7) is 13.8. The lowest BCUT2D eigenvalue weighted by Crippen LogP contribution is -2.52. The second kappa shape index (κ2) is 12.2. The van der Waals surface area contributed by atoms with E-state index in [0.717, 1.165) is 0 Å². The minimum absolute atomic E-state index is 0.0824. The lowest BCUT2D eigenvalue weighted by atomic mass is 10.5. The van der Waals surface area contributed by atoms with Crippen LogP contribution in [0.3, 0.4) is 0 Å². The lowest BCUT2D eigenvalue weighted by Gasteiger charge is -2.35. The van der Waals surface area contributed by atoms with Gasteiger partial charge in [-0.25, -0.2) is 0 Å². The van der Waals surface area contributed by atoms with E-state index in [-0.39, 0.29) is 6.61 Å². The van der Waals surface area contributed by atoms with Gasteiger partial charge in [-0.15, -0.1) is 0 Å². The van der Waals surface area contributed by atoms with Crippen molar-refractivity contribution in [3.05, 3.63) is 11.8 Å². The molecule has 22 heavy (non-hydrogen) atoms. The van der Waals surface area contributed by atoms with Gasteiger partial charge in [0.05, 0.1) is 0 Å². The van der Waals surface area contributed by atoms with Crippen molar-refractivity contribution < 1.29 is 27.5 Å². The normalized spacial score (nSPS) is 13.2. The predicted molar refractivity (Wildman–Crippen MR) is 87.4 cm³/mol. The number of allylic oxidation sites excluding steroid dienone is 1. The topological polar surface area (TPSA) is 55.4 Å². The van der Waals surface area contributed by atoms with Gasteiger partial charge in [0.15, 0.2) is 0 Å². The average Bonchev–Trinajstić information content (AvgIpc) is 2.47. The molecule has 6 nitrogen and oxygen atoms in total. The van der Waals surface area contributed by atoms with Crippen LogP contribution in [0.2, 0.25) is 0 Å². The highest BCUT2D eigenvalue weighted by Gasteiger charge is 2.43. The van der Waals surface area contributed by atoms with Crippen LogP contribution in [-0.4, -0.2) is 54.4 Å². The fourth-order valence-corrected chi connectivity index (χ4v) is 4.10. The molecule has 0 N–H and O–H groups in total. The fraction of sp³-hybridized carbons (Fsp3) is 0.867. The van der Waals surface area contributed by atoms with Crippen LogP contribution in [0.15, 0.2) is 11.8 Å². The number of ether oxygens (including phenoxy) is 3. The molecule has 0 bridgehead atoms. The van der Waals surface area contributed by atoms with Gasteiger partial charge < -0.3 is 27.5 Å². The van der Waals surface area contributed by atoms with E-state index >= 15 is 0 Å². The van der Waals surface area contributed by atoms with Crippen molar-refractivity contribution in [2.24, 2.45) is 0 Å². The number of hydrogen-bond acceptors (Lipinski definition) is 6. The van der Waals surface area contributed by atoms with Crippen LogP contribution in [0.4, 0.5) is 0 Å². The molecule has 132 valence electrons. The zero-order valence-electron chi connectivity index (χ0n) is 14.8. The van der Waals surface area contributed by atoms with Gasteiger partial charge in [-0.1, -0.05) is 6.08 Å². The van der Waals surface area contributed by atoms with E-state index in [4.69, 9.17) is 27.5 Å². The summed E-state index contributed by atoms with van der Waals surface area (Å²) in [6, 6.07) is 0. The van der Waals surface area contributed by atoms with E-state index in [1.807, 2.05) is 53.3 Å². The summed E-state index contributed by atoms with van der Waals surface area (Å²) in [5.74, 6) is -1.23. The fourth-order valence-electron chi connectivity index (χ4n) is 1.97. The molecule has 0 atom stereocenters. The van der Waals surface area contributed by atoms with Gasteiger partial charge in [-0.05, 0) is 47.2 Å². The molecule has 0 rings (SSSR count). The first kappa shape index (κ1) is 21.7. The van der Waals surface area contributed by atoms with Crippen molar-refractivity contribution >= 4 is 8.80 Å². The molecule has 0 aromatic rings. The summed E-state index contributed by atoms with van der Waals surface area (Å²) >= 11 is 0. The zero-order chi connectivity index (χ0) is 16.9. The Kier molecular flexibility index (Phi) is 12.0. The van der Waals surface area contributed by atoms with Gasteiger partial charge in [0.25, 0.3) is 0 Å². The molecule has 0 fully saturated rings. The lowest BCUT2D eigenvalue weighted by molar-refractivity contribution is -0.387. The standard InChI is InChI=1S/C15H32O6Si/c1-7-13-22(19-11-5,20-12-6)21-14-15(16-8-2,17-9-3)18-10-4/h7,13H,8-12,14H2,1-6H3. The smallest absolute Gasteiger partial charge is 0.371 e. The maximum atomic E-state index is 6.01.